The molecule has 0 unspecified atom stereocenters. The second-order valence-corrected chi connectivity index (χ2v) is 19.3. The van der Waals surface area contributed by atoms with E-state index in [4.69, 9.17) is 33.7 Å². The van der Waals surface area contributed by atoms with Gasteiger partial charge in [-0.3, -0.25) is 4.79 Å². The number of likely N-dealkylation sites (tertiary alicyclic amines) is 1. The summed E-state index contributed by atoms with van der Waals surface area (Å²) >= 11 is 1.90. The Morgan fingerprint density at radius 2 is 1.79 bits per heavy atom. The number of carbonyl (C=O) groups is 3. The molecule has 346 valence electrons. The van der Waals surface area contributed by atoms with Crippen molar-refractivity contribution < 1.29 is 38.1 Å². The molecule has 0 bridgehead atoms. The fourth-order valence-corrected chi connectivity index (χ4v) is 10.3. The van der Waals surface area contributed by atoms with Gasteiger partial charge >= 0.3 is 12.1 Å². The molecule has 4 N–H and O–H groups in total. The molecule has 20 heteroatoms. The maximum absolute atomic E-state index is 12.8. The highest BCUT2D eigenvalue weighted by Crippen LogP contribution is 2.47. The van der Waals surface area contributed by atoms with E-state index in [2.05, 4.69) is 50.3 Å². The molecule has 6 heterocycles. The largest absolute Gasteiger partial charge is 0.493 e. The summed E-state index contributed by atoms with van der Waals surface area (Å²) in [6.07, 6.45) is 7.62. The van der Waals surface area contributed by atoms with Gasteiger partial charge in [-0.25, -0.2) is 19.3 Å². The number of hydrogen-bond acceptors (Lipinski definition) is 15. The first-order valence-corrected chi connectivity index (χ1v) is 23.3. The molecule has 2 aromatic heterocycles. The van der Waals surface area contributed by atoms with E-state index < -0.39 is 5.60 Å². The molecule has 7 rings (SSSR count). The number of benzene rings is 1. The van der Waals surface area contributed by atoms with Gasteiger partial charge in [0.1, 0.15) is 23.7 Å². The standard InChI is InChI=1S/C43H65N11O8S/c1-41(2,3)62-40(57)53-17-13-29(25-53)45-37-31-23-33(58-6)34(24-32(31)46-38(47-37)52-15-9-10-16-52)61-27-30-26-54(51-50-30)18-20-60-22-21-59-19-14-44-36(55)12-8-7-11-35-43(5)42(4,28-63-35)48-39(56)49-43/h23-24,26,29,35H,7-22,25,27-28H2,1-6H3,(H,44,55)(H,45,46,47)(H2,48,49,56)/t29-,35+,42+,43-/m1/s1. The first-order chi connectivity index (χ1) is 30.2. The zero-order chi connectivity index (χ0) is 44.6. The summed E-state index contributed by atoms with van der Waals surface area (Å²) in [5, 5.41) is 22.4. The van der Waals surface area contributed by atoms with Crippen molar-refractivity contribution in [1.29, 1.82) is 0 Å². The Kier molecular flexibility index (Phi) is 14.9. The topological polar surface area (TPSA) is 208 Å². The fraction of sp³-hybridized carbons (Fsp3) is 0.698. The molecule has 4 saturated heterocycles. The second kappa shape index (κ2) is 20.3. The Morgan fingerprint density at radius 3 is 2.57 bits per heavy atom. The van der Waals surface area contributed by atoms with Gasteiger partial charge in [0.2, 0.25) is 11.9 Å². The highest BCUT2D eigenvalue weighted by molar-refractivity contribution is 8.00. The number of unbranched alkanes of at least 4 members (excludes halogenated alkanes) is 1. The quantitative estimate of drug-likeness (QED) is 0.0859. The van der Waals surface area contributed by atoms with Crippen LogP contribution in [-0.4, -0.2) is 148 Å². The number of rotatable bonds is 21. The van der Waals surface area contributed by atoms with E-state index in [-0.39, 0.29) is 41.8 Å². The molecule has 1 aromatic carbocycles. The third-order valence-corrected chi connectivity index (χ3v) is 14.0. The van der Waals surface area contributed by atoms with Gasteiger partial charge in [0.25, 0.3) is 0 Å². The summed E-state index contributed by atoms with van der Waals surface area (Å²) in [4.78, 5) is 50.9. The molecule has 0 radical (unpaired) electrons. The number of urea groups is 1. The Labute approximate surface area is 373 Å². The van der Waals surface area contributed by atoms with Crippen molar-refractivity contribution in [3.8, 4) is 11.5 Å². The summed E-state index contributed by atoms with van der Waals surface area (Å²) in [6.45, 7) is 15.5. The van der Waals surface area contributed by atoms with E-state index in [9.17, 15) is 14.4 Å². The Balaban J connectivity index is 0.804. The molecule has 0 aliphatic carbocycles. The lowest BCUT2D eigenvalue weighted by Crippen LogP contribution is -2.58. The third kappa shape index (κ3) is 11.7. The number of aromatic nitrogens is 5. The number of hydrogen-bond donors (Lipinski definition) is 4. The number of methoxy groups -OCH3 is 1. The van der Waals surface area contributed by atoms with Crippen LogP contribution in [0.15, 0.2) is 18.3 Å². The van der Waals surface area contributed by atoms with Crippen molar-refractivity contribution in [2.24, 2.45) is 0 Å². The van der Waals surface area contributed by atoms with Gasteiger partial charge in [0.15, 0.2) is 11.5 Å². The van der Waals surface area contributed by atoms with Crippen molar-refractivity contribution in [3.63, 3.8) is 0 Å². The van der Waals surface area contributed by atoms with Crippen LogP contribution in [0, 0.1) is 0 Å². The van der Waals surface area contributed by atoms with Crippen molar-refractivity contribution >= 4 is 52.5 Å². The van der Waals surface area contributed by atoms with Crippen LogP contribution in [0.5, 0.6) is 11.5 Å². The van der Waals surface area contributed by atoms with Crippen LogP contribution in [0.4, 0.5) is 21.4 Å². The minimum Gasteiger partial charge on any atom is -0.493 e. The third-order valence-electron chi connectivity index (χ3n) is 12.2. The van der Waals surface area contributed by atoms with Gasteiger partial charge in [0, 0.05) is 67.6 Å². The molecule has 63 heavy (non-hydrogen) atoms. The minimum absolute atomic E-state index is 0.00961. The van der Waals surface area contributed by atoms with Crippen LogP contribution in [0.2, 0.25) is 0 Å². The first-order valence-electron chi connectivity index (χ1n) is 22.3. The van der Waals surface area contributed by atoms with Crippen LogP contribution in [-0.2, 0) is 32.2 Å². The number of thioether (sulfide) groups is 1. The monoisotopic (exact) mass is 895 g/mol. The predicted octanol–water partition coefficient (Wildman–Crippen LogP) is 4.49. The molecule has 4 amide bonds. The van der Waals surface area contributed by atoms with Gasteiger partial charge in [-0.2, -0.15) is 16.7 Å². The maximum Gasteiger partial charge on any atom is 0.410 e. The maximum atomic E-state index is 12.8. The molecular formula is C43H65N11O8S. The van der Waals surface area contributed by atoms with Crippen molar-refractivity contribution in [2.45, 2.75) is 121 Å². The van der Waals surface area contributed by atoms with Crippen LogP contribution < -0.4 is 35.6 Å². The summed E-state index contributed by atoms with van der Waals surface area (Å²) in [7, 11) is 1.60. The fourth-order valence-electron chi connectivity index (χ4n) is 8.45. The zero-order valence-corrected chi connectivity index (χ0v) is 38.4. The van der Waals surface area contributed by atoms with Crippen LogP contribution in [0.3, 0.4) is 0 Å². The Morgan fingerprint density at radius 1 is 1.00 bits per heavy atom. The smallest absolute Gasteiger partial charge is 0.410 e. The lowest BCUT2D eigenvalue weighted by atomic mass is 9.79. The average molecular weight is 896 g/mol. The van der Waals surface area contributed by atoms with Gasteiger partial charge in [-0.15, -0.1) is 5.10 Å². The summed E-state index contributed by atoms with van der Waals surface area (Å²) in [5.74, 6) is 3.30. The number of ether oxygens (including phenoxy) is 5. The second-order valence-electron chi connectivity index (χ2n) is 18.1. The molecule has 4 fully saturated rings. The van der Waals surface area contributed by atoms with Gasteiger partial charge in [0.05, 0.1) is 62.9 Å². The Hall–Kier alpha value is -4.82. The number of anilines is 2. The average Bonchev–Trinajstić information content (AvgIpc) is 4.08. The lowest BCUT2D eigenvalue weighted by molar-refractivity contribution is -0.121. The molecule has 0 saturated carbocycles. The van der Waals surface area contributed by atoms with E-state index in [1.807, 2.05) is 50.9 Å². The van der Waals surface area contributed by atoms with E-state index in [0.29, 0.717) is 98.8 Å². The van der Waals surface area contributed by atoms with Crippen LogP contribution >= 0.6 is 11.8 Å². The van der Waals surface area contributed by atoms with E-state index in [1.54, 1.807) is 16.7 Å². The molecule has 4 atom stereocenters. The van der Waals surface area contributed by atoms with Crippen LogP contribution in [0.1, 0.15) is 85.3 Å². The Bertz CT molecular complexity index is 2060. The van der Waals surface area contributed by atoms with E-state index >= 15 is 0 Å². The number of nitrogens with zero attached hydrogens (tertiary/aromatic N) is 7. The van der Waals surface area contributed by atoms with Crippen molar-refractivity contribution in [3.05, 3.63) is 24.0 Å². The minimum atomic E-state index is -0.559. The molecular weight excluding hydrogens is 831 g/mol. The van der Waals surface area contributed by atoms with E-state index in [0.717, 1.165) is 62.8 Å². The number of nitrogens with one attached hydrogen (secondary N) is 4. The lowest BCUT2D eigenvalue weighted by Gasteiger charge is -2.35. The zero-order valence-electron chi connectivity index (χ0n) is 37.6. The highest BCUT2D eigenvalue weighted by Gasteiger charge is 2.60. The molecule has 19 nitrogen and oxygen atoms in total. The van der Waals surface area contributed by atoms with Gasteiger partial charge < -0.3 is 54.8 Å². The highest BCUT2D eigenvalue weighted by atomic mass is 32.2. The number of carbonyl (C=O) groups excluding carboxylic acids is 3. The normalized spacial score (nSPS) is 23.2. The molecule has 0 spiro atoms. The molecule has 4 aliphatic rings. The first kappa shape index (κ1) is 46.2. The molecule has 4 aliphatic heterocycles. The SMILES string of the molecule is COc1cc2c(N[C@@H]3CCN(C(=O)OC(C)(C)C)C3)nc(N3CCCC3)nc2cc1OCc1cn(CCOCCOCCNC(=O)CCCC[C@@H]2SC[C@]3(C)NC(=O)N[C@]23C)nn1. The van der Waals surface area contributed by atoms with Crippen molar-refractivity contribution in [2.75, 3.05) is 82.2 Å². The van der Waals surface area contributed by atoms with Gasteiger partial charge in [-0.05, 0) is 72.8 Å². The van der Waals surface area contributed by atoms with E-state index in [1.165, 1.54) is 0 Å². The number of fused-ring (bicyclic) bond motifs is 2. The number of amides is 4. The summed E-state index contributed by atoms with van der Waals surface area (Å²) in [5.41, 5.74) is 0.303. The summed E-state index contributed by atoms with van der Waals surface area (Å²) < 4.78 is 30.7. The van der Waals surface area contributed by atoms with Crippen molar-refractivity contribution in [1.82, 2.24) is 45.8 Å². The van der Waals surface area contributed by atoms with Crippen LogP contribution in [0.25, 0.3) is 10.9 Å². The predicted molar refractivity (Wildman–Crippen MR) is 240 cm³/mol. The molecule has 3 aromatic rings. The van der Waals surface area contributed by atoms with Gasteiger partial charge in [-0.1, -0.05) is 11.6 Å². The summed E-state index contributed by atoms with van der Waals surface area (Å²) in [6, 6.07) is 3.67.